The number of hydrogen-bond donors (Lipinski definition) is 1. The van der Waals surface area contributed by atoms with Gasteiger partial charge in [0.05, 0.1) is 12.1 Å². The predicted octanol–water partition coefficient (Wildman–Crippen LogP) is 2.37. The zero-order valence-corrected chi connectivity index (χ0v) is 9.01. The molecule has 1 amide bonds. The summed E-state index contributed by atoms with van der Waals surface area (Å²) in [6, 6.07) is 11.1. The second-order valence-electron chi connectivity index (χ2n) is 3.79. The lowest BCUT2D eigenvalue weighted by atomic mass is 10.1. The Morgan fingerprint density at radius 1 is 1.18 bits per heavy atom. The molecule has 0 bridgehead atoms. The van der Waals surface area contributed by atoms with Crippen LogP contribution in [-0.4, -0.2) is 10.9 Å². The van der Waals surface area contributed by atoms with E-state index >= 15 is 0 Å². The molecule has 1 aromatic carbocycles. The maximum Gasteiger partial charge on any atom is 0.228 e. The van der Waals surface area contributed by atoms with Gasteiger partial charge >= 0.3 is 0 Å². The molecular weight excluding hydrogens is 216 g/mol. The van der Waals surface area contributed by atoms with Crippen LogP contribution in [0.3, 0.4) is 0 Å². The first kappa shape index (κ1) is 9.84. The van der Waals surface area contributed by atoms with Gasteiger partial charge in [-0.15, -0.1) is 0 Å². The number of nitrogens with zero attached hydrogens (tertiary/aromatic N) is 1. The molecule has 4 heteroatoms. The number of anilines is 1. The molecule has 0 saturated heterocycles. The van der Waals surface area contributed by atoms with Crippen molar-refractivity contribution in [2.75, 3.05) is 5.32 Å². The molecule has 2 heterocycles. The minimum atomic E-state index is -0.00271. The SMILES string of the molecule is O=C1Cc2cccc(Oc3ccccn3)c2N1. The van der Waals surface area contributed by atoms with Gasteiger partial charge < -0.3 is 10.1 Å². The van der Waals surface area contributed by atoms with Crippen LogP contribution in [0, 0.1) is 0 Å². The van der Waals surface area contributed by atoms with Crippen molar-refractivity contribution in [3.8, 4) is 11.6 Å². The van der Waals surface area contributed by atoms with Crippen LogP contribution in [-0.2, 0) is 11.2 Å². The van der Waals surface area contributed by atoms with Gasteiger partial charge in [0.2, 0.25) is 11.8 Å². The van der Waals surface area contributed by atoms with Crippen molar-refractivity contribution in [1.29, 1.82) is 0 Å². The van der Waals surface area contributed by atoms with Gasteiger partial charge in [0.25, 0.3) is 0 Å². The lowest BCUT2D eigenvalue weighted by molar-refractivity contribution is -0.115. The predicted molar refractivity (Wildman–Crippen MR) is 63.1 cm³/mol. The molecule has 1 aliphatic heterocycles. The van der Waals surface area contributed by atoms with E-state index in [2.05, 4.69) is 10.3 Å². The van der Waals surface area contributed by atoms with Crippen molar-refractivity contribution in [1.82, 2.24) is 4.98 Å². The summed E-state index contributed by atoms with van der Waals surface area (Å²) >= 11 is 0. The van der Waals surface area contributed by atoms with Crippen molar-refractivity contribution < 1.29 is 9.53 Å². The summed E-state index contributed by atoms with van der Waals surface area (Å²) in [7, 11) is 0. The number of fused-ring (bicyclic) bond motifs is 1. The Bertz CT molecular complexity index is 567. The van der Waals surface area contributed by atoms with E-state index in [0.29, 0.717) is 18.1 Å². The van der Waals surface area contributed by atoms with Gasteiger partial charge in [-0.3, -0.25) is 4.79 Å². The highest BCUT2D eigenvalue weighted by molar-refractivity contribution is 6.00. The molecule has 0 spiro atoms. The first-order valence-electron chi connectivity index (χ1n) is 5.33. The molecule has 0 fully saturated rings. The third-order valence-electron chi connectivity index (χ3n) is 2.58. The normalized spacial score (nSPS) is 13.1. The maximum atomic E-state index is 11.3. The van der Waals surface area contributed by atoms with E-state index in [1.165, 1.54) is 0 Å². The Kier molecular flexibility index (Phi) is 2.26. The quantitative estimate of drug-likeness (QED) is 0.855. The van der Waals surface area contributed by atoms with Gasteiger partial charge in [-0.2, -0.15) is 0 Å². The van der Waals surface area contributed by atoms with Crippen LogP contribution < -0.4 is 10.1 Å². The maximum absolute atomic E-state index is 11.3. The highest BCUT2D eigenvalue weighted by Crippen LogP contribution is 2.35. The number of nitrogens with one attached hydrogen (secondary N) is 1. The Morgan fingerprint density at radius 3 is 2.94 bits per heavy atom. The fourth-order valence-electron chi connectivity index (χ4n) is 1.83. The molecule has 17 heavy (non-hydrogen) atoms. The number of carbonyl (C=O) groups excluding carboxylic acids is 1. The van der Waals surface area contributed by atoms with Gasteiger partial charge in [0.1, 0.15) is 0 Å². The molecular formula is C13H10N2O2. The second-order valence-corrected chi connectivity index (χ2v) is 3.79. The van der Waals surface area contributed by atoms with Crippen LogP contribution in [0.15, 0.2) is 42.6 Å². The lowest BCUT2D eigenvalue weighted by Gasteiger charge is -2.08. The number of benzene rings is 1. The molecule has 0 atom stereocenters. The van der Waals surface area contributed by atoms with Gasteiger partial charge in [0, 0.05) is 12.3 Å². The molecule has 0 aliphatic carbocycles. The highest BCUT2D eigenvalue weighted by Gasteiger charge is 2.21. The monoisotopic (exact) mass is 226 g/mol. The lowest BCUT2D eigenvalue weighted by Crippen LogP contribution is -2.04. The Labute approximate surface area is 98.3 Å². The molecule has 1 aromatic heterocycles. The fourth-order valence-corrected chi connectivity index (χ4v) is 1.83. The Morgan fingerprint density at radius 2 is 2.12 bits per heavy atom. The van der Waals surface area contributed by atoms with E-state index in [4.69, 9.17) is 4.74 Å². The van der Waals surface area contributed by atoms with Gasteiger partial charge in [-0.05, 0) is 17.7 Å². The largest absolute Gasteiger partial charge is 0.437 e. The summed E-state index contributed by atoms with van der Waals surface area (Å²) in [5.41, 5.74) is 1.71. The second kappa shape index (κ2) is 3.90. The van der Waals surface area contributed by atoms with Gasteiger partial charge in [0.15, 0.2) is 5.75 Å². The van der Waals surface area contributed by atoms with E-state index in [0.717, 1.165) is 11.3 Å². The van der Waals surface area contributed by atoms with E-state index < -0.39 is 0 Å². The molecule has 84 valence electrons. The first-order valence-corrected chi connectivity index (χ1v) is 5.33. The average molecular weight is 226 g/mol. The number of amides is 1. The minimum absolute atomic E-state index is 0.00271. The minimum Gasteiger partial charge on any atom is -0.437 e. The number of hydrogen-bond acceptors (Lipinski definition) is 3. The van der Waals surface area contributed by atoms with E-state index in [9.17, 15) is 4.79 Å². The van der Waals surface area contributed by atoms with Gasteiger partial charge in [-0.1, -0.05) is 18.2 Å². The summed E-state index contributed by atoms with van der Waals surface area (Å²) in [6.45, 7) is 0. The van der Waals surface area contributed by atoms with E-state index in [1.54, 1.807) is 12.3 Å². The number of carbonyl (C=O) groups is 1. The van der Waals surface area contributed by atoms with Gasteiger partial charge in [-0.25, -0.2) is 4.98 Å². The highest BCUT2D eigenvalue weighted by atomic mass is 16.5. The fraction of sp³-hybridized carbons (Fsp3) is 0.0769. The molecule has 1 aliphatic rings. The zero-order chi connectivity index (χ0) is 11.7. The Hall–Kier alpha value is -2.36. The number of aromatic nitrogens is 1. The van der Waals surface area contributed by atoms with Crippen LogP contribution in [0.5, 0.6) is 11.6 Å². The van der Waals surface area contributed by atoms with Crippen molar-refractivity contribution in [2.24, 2.45) is 0 Å². The third-order valence-corrected chi connectivity index (χ3v) is 2.58. The summed E-state index contributed by atoms with van der Waals surface area (Å²) in [5, 5.41) is 2.79. The van der Waals surface area contributed by atoms with Crippen LogP contribution >= 0.6 is 0 Å². The number of para-hydroxylation sites is 1. The average Bonchev–Trinajstić information content (AvgIpc) is 2.72. The summed E-state index contributed by atoms with van der Waals surface area (Å²) in [6.07, 6.45) is 2.08. The number of pyridine rings is 1. The molecule has 0 radical (unpaired) electrons. The van der Waals surface area contributed by atoms with E-state index in [-0.39, 0.29) is 5.91 Å². The zero-order valence-electron chi connectivity index (χ0n) is 9.01. The summed E-state index contributed by atoms with van der Waals surface area (Å²) in [4.78, 5) is 15.4. The van der Waals surface area contributed by atoms with Crippen LogP contribution in [0.4, 0.5) is 5.69 Å². The molecule has 3 rings (SSSR count). The smallest absolute Gasteiger partial charge is 0.228 e. The standard InChI is InChI=1S/C13H10N2O2/c16-11-8-9-4-3-5-10(13(9)15-11)17-12-6-1-2-7-14-12/h1-7H,8H2,(H,15,16). The summed E-state index contributed by atoms with van der Waals surface area (Å²) in [5.74, 6) is 1.14. The van der Waals surface area contributed by atoms with Crippen molar-refractivity contribution in [3.63, 3.8) is 0 Å². The number of ether oxygens (including phenoxy) is 1. The molecule has 4 nitrogen and oxygen atoms in total. The third kappa shape index (κ3) is 1.85. The summed E-state index contributed by atoms with van der Waals surface area (Å²) < 4.78 is 5.64. The van der Waals surface area contributed by atoms with E-state index in [1.807, 2.05) is 30.3 Å². The van der Waals surface area contributed by atoms with Crippen molar-refractivity contribution in [3.05, 3.63) is 48.2 Å². The molecule has 2 aromatic rings. The molecule has 0 saturated carbocycles. The molecule has 1 N–H and O–H groups in total. The number of rotatable bonds is 2. The van der Waals surface area contributed by atoms with Crippen LogP contribution in [0.1, 0.15) is 5.56 Å². The van der Waals surface area contributed by atoms with Crippen LogP contribution in [0.25, 0.3) is 0 Å². The Balaban J connectivity index is 1.95. The first-order chi connectivity index (χ1) is 8.33. The topological polar surface area (TPSA) is 51.2 Å². The van der Waals surface area contributed by atoms with Crippen molar-refractivity contribution >= 4 is 11.6 Å². The van der Waals surface area contributed by atoms with Crippen LogP contribution in [0.2, 0.25) is 0 Å². The van der Waals surface area contributed by atoms with Crippen molar-refractivity contribution in [2.45, 2.75) is 6.42 Å². The molecule has 0 unspecified atom stereocenters.